The SMILES string of the molecule is CC(Nc1nc(C(=O)O)nc2nc(-c3nccn3C)n(Cc3ccc(C(F)(F)F)cc3)c12)C1CCC1. The molecule has 0 radical (unpaired) electrons. The zero-order valence-corrected chi connectivity index (χ0v) is 19.6. The van der Waals surface area contributed by atoms with Crippen molar-refractivity contribution in [2.24, 2.45) is 13.0 Å². The summed E-state index contributed by atoms with van der Waals surface area (Å²) in [4.78, 5) is 29.2. The number of hydrogen-bond donors (Lipinski definition) is 2. The Hall–Kier alpha value is -3.96. The number of fused-ring (bicyclic) bond motifs is 1. The van der Waals surface area contributed by atoms with Crippen molar-refractivity contribution < 1.29 is 23.1 Å². The summed E-state index contributed by atoms with van der Waals surface area (Å²) in [6.07, 6.45) is 2.18. The van der Waals surface area contributed by atoms with E-state index in [1.54, 1.807) is 28.6 Å². The lowest BCUT2D eigenvalue weighted by Crippen LogP contribution is -2.31. The average Bonchev–Trinajstić information content (AvgIpc) is 3.35. The standard InChI is InChI=1S/C24H24F3N7O2/c1-13(15-4-3-5-15)29-18-17-19(31-20(30-18)23(35)36)32-22(21-28-10-11-33(21)2)34(17)12-14-6-8-16(9-7-14)24(25,26)27/h6-11,13,15H,3-5,12H2,1-2H3,(H,35,36)(H,29,30,31). The van der Waals surface area contributed by atoms with E-state index in [1.165, 1.54) is 12.1 Å². The molecule has 1 atom stereocenters. The van der Waals surface area contributed by atoms with Crippen molar-refractivity contribution in [2.45, 2.75) is 44.9 Å². The Morgan fingerprint density at radius 3 is 2.44 bits per heavy atom. The van der Waals surface area contributed by atoms with Crippen LogP contribution in [0, 0.1) is 5.92 Å². The number of nitrogens with one attached hydrogen (secondary N) is 1. The van der Waals surface area contributed by atoms with Gasteiger partial charge in [-0.3, -0.25) is 0 Å². The van der Waals surface area contributed by atoms with Crippen molar-refractivity contribution in [1.29, 1.82) is 0 Å². The number of hydrogen-bond acceptors (Lipinski definition) is 6. The van der Waals surface area contributed by atoms with Gasteiger partial charge in [0.1, 0.15) is 5.52 Å². The minimum atomic E-state index is -4.44. The van der Waals surface area contributed by atoms with Crippen LogP contribution in [-0.4, -0.2) is 46.2 Å². The molecule has 0 amide bonds. The third-order valence-corrected chi connectivity index (χ3v) is 6.66. The molecule has 3 aromatic heterocycles. The van der Waals surface area contributed by atoms with Gasteiger partial charge in [0.15, 0.2) is 23.1 Å². The van der Waals surface area contributed by atoms with E-state index >= 15 is 0 Å². The van der Waals surface area contributed by atoms with Gasteiger partial charge in [0, 0.05) is 32.0 Å². The maximum absolute atomic E-state index is 13.1. The fraction of sp³-hybridized carbons (Fsp3) is 0.375. The van der Waals surface area contributed by atoms with E-state index in [-0.39, 0.29) is 18.2 Å². The van der Waals surface area contributed by atoms with E-state index in [1.807, 2.05) is 6.92 Å². The van der Waals surface area contributed by atoms with Crippen LogP contribution in [0.5, 0.6) is 0 Å². The number of anilines is 1. The molecule has 1 aromatic carbocycles. The third-order valence-electron chi connectivity index (χ3n) is 6.66. The Kier molecular flexibility index (Phi) is 5.89. The number of carboxylic acid groups (broad SMARTS) is 1. The van der Waals surface area contributed by atoms with Crippen LogP contribution < -0.4 is 5.32 Å². The van der Waals surface area contributed by atoms with Crippen LogP contribution in [0.3, 0.4) is 0 Å². The normalized spacial score (nSPS) is 15.1. The number of aromatic nitrogens is 6. The summed E-state index contributed by atoms with van der Waals surface area (Å²) in [6, 6.07) is 4.92. The molecule has 36 heavy (non-hydrogen) atoms. The van der Waals surface area contributed by atoms with Crippen molar-refractivity contribution in [3.8, 4) is 11.6 Å². The molecule has 12 heteroatoms. The minimum Gasteiger partial charge on any atom is -0.475 e. The average molecular weight is 499 g/mol. The molecule has 0 saturated heterocycles. The molecule has 1 aliphatic rings. The molecule has 1 unspecified atom stereocenters. The van der Waals surface area contributed by atoms with Gasteiger partial charge in [-0.2, -0.15) is 13.2 Å². The number of rotatable bonds is 7. The van der Waals surface area contributed by atoms with Crippen molar-refractivity contribution in [3.05, 3.63) is 53.6 Å². The van der Waals surface area contributed by atoms with E-state index in [4.69, 9.17) is 0 Å². The van der Waals surface area contributed by atoms with Crippen molar-refractivity contribution >= 4 is 23.0 Å². The second kappa shape index (κ2) is 8.92. The molecule has 1 saturated carbocycles. The molecule has 0 spiro atoms. The van der Waals surface area contributed by atoms with E-state index in [0.717, 1.165) is 31.4 Å². The van der Waals surface area contributed by atoms with Crippen LogP contribution in [0.4, 0.5) is 19.0 Å². The smallest absolute Gasteiger partial charge is 0.416 e. The van der Waals surface area contributed by atoms with E-state index in [2.05, 4.69) is 25.3 Å². The van der Waals surface area contributed by atoms with Crippen molar-refractivity contribution in [1.82, 2.24) is 29.1 Å². The fourth-order valence-electron chi connectivity index (χ4n) is 4.39. The van der Waals surface area contributed by atoms with Crippen LogP contribution >= 0.6 is 0 Å². The minimum absolute atomic E-state index is 0.0320. The zero-order valence-electron chi connectivity index (χ0n) is 19.6. The van der Waals surface area contributed by atoms with E-state index < -0.39 is 23.5 Å². The zero-order chi connectivity index (χ0) is 25.6. The Morgan fingerprint density at radius 2 is 1.89 bits per heavy atom. The first kappa shape index (κ1) is 23.8. The van der Waals surface area contributed by atoms with Gasteiger partial charge >= 0.3 is 12.1 Å². The van der Waals surface area contributed by atoms with Gasteiger partial charge in [0.05, 0.1) is 5.56 Å². The number of aryl methyl sites for hydroxylation is 1. The molecule has 3 heterocycles. The number of benzene rings is 1. The van der Waals surface area contributed by atoms with Gasteiger partial charge in [-0.25, -0.2) is 24.7 Å². The van der Waals surface area contributed by atoms with Gasteiger partial charge in [-0.1, -0.05) is 18.6 Å². The van der Waals surface area contributed by atoms with Crippen LogP contribution in [0.1, 0.15) is 47.9 Å². The van der Waals surface area contributed by atoms with E-state index in [9.17, 15) is 23.1 Å². The number of carboxylic acids is 1. The van der Waals surface area contributed by atoms with Gasteiger partial charge in [0.2, 0.25) is 5.82 Å². The third kappa shape index (κ3) is 4.38. The molecule has 0 bridgehead atoms. The number of alkyl halides is 3. The Labute approximate surface area is 204 Å². The summed E-state index contributed by atoms with van der Waals surface area (Å²) in [5.74, 6) is -0.0351. The van der Waals surface area contributed by atoms with E-state index in [0.29, 0.717) is 34.5 Å². The first-order valence-electron chi connectivity index (χ1n) is 11.5. The molecule has 4 aromatic rings. The number of aromatic carboxylic acids is 1. The number of halogens is 3. The predicted octanol–water partition coefficient (Wildman–Crippen LogP) is 4.59. The predicted molar refractivity (Wildman–Crippen MR) is 125 cm³/mol. The highest BCUT2D eigenvalue weighted by Gasteiger charge is 2.31. The monoisotopic (exact) mass is 499 g/mol. The summed E-state index contributed by atoms with van der Waals surface area (Å²) in [5.41, 5.74) is 0.481. The Bertz CT molecular complexity index is 1420. The molecular formula is C24H24F3N7O2. The second-order valence-electron chi connectivity index (χ2n) is 9.08. The molecule has 9 nitrogen and oxygen atoms in total. The molecular weight excluding hydrogens is 475 g/mol. The highest BCUT2D eigenvalue weighted by molar-refractivity contribution is 5.92. The number of carbonyl (C=O) groups is 1. The molecule has 2 N–H and O–H groups in total. The lowest BCUT2D eigenvalue weighted by molar-refractivity contribution is -0.137. The quantitative estimate of drug-likeness (QED) is 0.383. The Balaban J connectivity index is 1.67. The van der Waals surface area contributed by atoms with Gasteiger partial charge in [-0.15, -0.1) is 0 Å². The Morgan fingerprint density at radius 1 is 1.17 bits per heavy atom. The van der Waals surface area contributed by atoms with Crippen molar-refractivity contribution in [3.63, 3.8) is 0 Å². The lowest BCUT2D eigenvalue weighted by atomic mass is 9.80. The molecule has 1 fully saturated rings. The van der Waals surface area contributed by atoms with Crippen LogP contribution in [0.25, 0.3) is 22.8 Å². The fourth-order valence-corrected chi connectivity index (χ4v) is 4.39. The summed E-state index contributed by atoms with van der Waals surface area (Å²) >= 11 is 0. The number of nitrogens with zero attached hydrogens (tertiary/aromatic N) is 6. The topological polar surface area (TPSA) is 111 Å². The first-order chi connectivity index (χ1) is 17.1. The first-order valence-corrected chi connectivity index (χ1v) is 11.5. The second-order valence-corrected chi connectivity index (χ2v) is 9.08. The van der Waals surface area contributed by atoms with Gasteiger partial charge in [-0.05, 0) is 43.4 Å². The molecule has 188 valence electrons. The van der Waals surface area contributed by atoms with Gasteiger partial charge < -0.3 is 19.6 Å². The van der Waals surface area contributed by atoms with Crippen LogP contribution in [-0.2, 0) is 19.8 Å². The molecule has 1 aliphatic carbocycles. The van der Waals surface area contributed by atoms with Crippen molar-refractivity contribution in [2.75, 3.05) is 5.32 Å². The maximum Gasteiger partial charge on any atom is 0.416 e. The number of imidazole rings is 2. The molecule has 0 aliphatic heterocycles. The summed E-state index contributed by atoms with van der Waals surface area (Å²) in [6.45, 7) is 2.17. The largest absolute Gasteiger partial charge is 0.475 e. The van der Waals surface area contributed by atoms with Crippen LogP contribution in [0.15, 0.2) is 36.7 Å². The van der Waals surface area contributed by atoms with Gasteiger partial charge in [0.25, 0.3) is 0 Å². The molecule has 5 rings (SSSR count). The maximum atomic E-state index is 13.1. The highest BCUT2D eigenvalue weighted by Crippen LogP contribution is 2.34. The summed E-state index contributed by atoms with van der Waals surface area (Å²) < 4.78 is 42.7. The summed E-state index contributed by atoms with van der Waals surface area (Å²) in [5, 5.41) is 13.0. The summed E-state index contributed by atoms with van der Waals surface area (Å²) in [7, 11) is 1.79. The highest BCUT2D eigenvalue weighted by atomic mass is 19.4. The van der Waals surface area contributed by atoms with Crippen LogP contribution in [0.2, 0.25) is 0 Å². The lowest BCUT2D eigenvalue weighted by Gasteiger charge is -2.32.